The maximum Gasteiger partial charge on any atom is 2.00 e. The van der Waals surface area contributed by atoms with Crippen LogP contribution in [0, 0.1) is 0 Å². The van der Waals surface area contributed by atoms with Crippen LogP contribution in [-0.2, 0) is 56.0 Å². The summed E-state index contributed by atoms with van der Waals surface area (Å²) in [4.78, 5) is 41.1. The molecule has 0 aliphatic heterocycles. The van der Waals surface area contributed by atoms with Crippen LogP contribution >= 0.6 is 0 Å². The van der Waals surface area contributed by atoms with Crippen LogP contribution in [0.4, 0.5) is 0 Å². The number of hydrogen-bond donors (Lipinski definition) is 0. The molecule has 0 N–H and O–H groups in total. The van der Waals surface area contributed by atoms with Crippen LogP contribution in [0.2, 0.25) is 0 Å². The van der Waals surface area contributed by atoms with E-state index in [1.54, 1.807) is 13.8 Å². The van der Waals surface area contributed by atoms with Gasteiger partial charge in [0.15, 0.2) is 0 Å². The Balaban J connectivity index is -0.000000372. The van der Waals surface area contributed by atoms with Crippen LogP contribution in [-0.4, -0.2) is 36.1 Å². The van der Waals surface area contributed by atoms with E-state index in [0.717, 1.165) is 12.2 Å². The number of hydrogen-bond acceptors (Lipinski definition) is 8. The van der Waals surface area contributed by atoms with Gasteiger partial charge in [0.2, 0.25) is 0 Å². The van der Waals surface area contributed by atoms with E-state index < -0.39 is 23.9 Å². The molecule has 2 atom stereocenters. The van der Waals surface area contributed by atoms with Crippen LogP contribution in [0.1, 0.15) is 40.5 Å². The van der Waals surface area contributed by atoms with Crippen molar-refractivity contribution in [2.24, 2.45) is 0 Å². The maximum absolute atomic E-state index is 10.7. The van der Waals surface area contributed by atoms with Crippen LogP contribution < -0.4 is 10.2 Å². The minimum atomic E-state index is -1.41. The summed E-state index contributed by atoms with van der Waals surface area (Å²) >= 11 is 0. The fourth-order valence-corrected chi connectivity index (χ4v) is 0.914. The summed E-state index contributed by atoms with van der Waals surface area (Å²) in [5.41, 5.74) is 0. The first-order chi connectivity index (χ1) is 11.1. The molecule has 136 valence electrons. The number of aliphatic carboxylic acids is 2. The van der Waals surface area contributed by atoms with Gasteiger partial charge in [-0.3, -0.25) is 0 Å². The van der Waals surface area contributed by atoms with Crippen molar-refractivity contribution in [1.29, 1.82) is 0 Å². The standard InChI is InChI=1S/2C8H12O4.Cd/c2*1-3-6(2)12-8(11)5-4-7(9)10;/h2*4-6H,3H2,1-2H3,(H,9,10);/q;;+2/p-2/b2*5-4-;. The van der Waals surface area contributed by atoms with Crippen molar-refractivity contribution in [1.82, 2.24) is 0 Å². The number of rotatable bonds is 8. The van der Waals surface area contributed by atoms with E-state index in [-0.39, 0.29) is 39.5 Å². The molecule has 0 saturated carbocycles. The van der Waals surface area contributed by atoms with Crippen LogP contribution in [0.3, 0.4) is 0 Å². The maximum atomic E-state index is 10.7. The number of carboxylic acids is 2. The first-order valence-corrected chi connectivity index (χ1v) is 7.31. The van der Waals surface area contributed by atoms with Crippen molar-refractivity contribution in [3.63, 3.8) is 0 Å². The van der Waals surface area contributed by atoms with Crippen LogP contribution in [0.5, 0.6) is 0 Å². The van der Waals surface area contributed by atoms with Gasteiger partial charge in [0.05, 0.1) is 24.1 Å². The third-order valence-electron chi connectivity index (χ3n) is 2.50. The van der Waals surface area contributed by atoms with E-state index in [2.05, 4.69) is 0 Å². The summed E-state index contributed by atoms with van der Waals surface area (Å²) < 4.78 is 9.47. The Kier molecular flexibility index (Phi) is 19.2. The smallest absolute Gasteiger partial charge is 0.545 e. The van der Waals surface area contributed by atoms with Gasteiger partial charge in [-0.05, 0) is 38.8 Å². The molecule has 2 unspecified atom stereocenters. The molecular formula is C16H22CdO8. The van der Waals surface area contributed by atoms with Gasteiger partial charge in [0.1, 0.15) is 0 Å². The van der Waals surface area contributed by atoms with Crippen molar-refractivity contribution in [2.75, 3.05) is 0 Å². The quantitative estimate of drug-likeness (QED) is 0.266. The number of carboxylic acid groups (broad SMARTS) is 2. The summed E-state index contributed by atoms with van der Waals surface area (Å²) in [6.45, 7) is 7.18. The summed E-state index contributed by atoms with van der Waals surface area (Å²) in [6.07, 6.45) is 3.97. The largest absolute Gasteiger partial charge is 2.00 e. The molecule has 0 aliphatic rings. The van der Waals surface area contributed by atoms with Crippen molar-refractivity contribution in [2.45, 2.75) is 52.7 Å². The second kappa shape index (κ2) is 17.1. The van der Waals surface area contributed by atoms with Crippen molar-refractivity contribution < 1.29 is 66.2 Å². The Morgan fingerprint density at radius 3 is 1.24 bits per heavy atom. The third kappa shape index (κ3) is 22.3. The molecule has 0 rings (SSSR count). The van der Waals surface area contributed by atoms with Crippen molar-refractivity contribution in [3.05, 3.63) is 24.3 Å². The Morgan fingerprint density at radius 1 is 0.760 bits per heavy atom. The van der Waals surface area contributed by atoms with Crippen molar-refractivity contribution >= 4 is 23.9 Å². The van der Waals surface area contributed by atoms with Gasteiger partial charge in [0.25, 0.3) is 0 Å². The van der Waals surface area contributed by atoms with Gasteiger partial charge in [-0.25, -0.2) is 9.59 Å². The van der Waals surface area contributed by atoms with Crippen LogP contribution in [0.15, 0.2) is 24.3 Å². The van der Waals surface area contributed by atoms with Gasteiger partial charge in [-0.2, -0.15) is 0 Å². The molecule has 0 saturated heterocycles. The van der Waals surface area contributed by atoms with E-state index in [1.165, 1.54) is 0 Å². The molecule has 0 aromatic heterocycles. The molecular weight excluding hydrogens is 433 g/mol. The molecule has 25 heavy (non-hydrogen) atoms. The Labute approximate surface area is 167 Å². The zero-order valence-corrected chi connectivity index (χ0v) is 18.9. The normalized spacial score (nSPS) is 12.3. The summed E-state index contributed by atoms with van der Waals surface area (Å²) in [5, 5.41) is 19.7. The monoisotopic (exact) mass is 456 g/mol. The Morgan fingerprint density at radius 2 is 1.04 bits per heavy atom. The van der Waals surface area contributed by atoms with Gasteiger partial charge >= 0.3 is 39.2 Å². The van der Waals surface area contributed by atoms with E-state index in [1.807, 2.05) is 13.8 Å². The molecule has 0 aromatic carbocycles. The molecule has 0 bridgehead atoms. The summed E-state index contributed by atoms with van der Waals surface area (Å²) in [5.74, 6) is -4.13. The molecule has 0 amide bonds. The second-order valence-electron chi connectivity index (χ2n) is 4.62. The molecule has 0 aliphatic carbocycles. The minimum Gasteiger partial charge on any atom is -0.545 e. The molecule has 8 nitrogen and oxygen atoms in total. The van der Waals surface area contributed by atoms with Crippen LogP contribution in [0.25, 0.3) is 0 Å². The predicted molar refractivity (Wildman–Crippen MR) is 80.0 cm³/mol. The molecule has 0 fully saturated rings. The number of esters is 2. The third-order valence-corrected chi connectivity index (χ3v) is 2.50. The number of ether oxygens (including phenoxy) is 2. The minimum absolute atomic E-state index is 0. The van der Waals surface area contributed by atoms with Gasteiger partial charge < -0.3 is 29.3 Å². The van der Waals surface area contributed by atoms with Crippen molar-refractivity contribution in [3.8, 4) is 0 Å². The summed E-state index contributed by atoms with van der Waals surface area (Å²) in [6, 6.07) is 0. The summed E-state index contributed by atoms with van der Waals surface area (Å²) in [7, 11) is 0. The molecule has 0 spiro atoms. The average molecular weight is 455 g/mol. The van der Waals surface area contributed by atoms with E-state index in [0.29, 0.717) is 25.0 Å². The Hall–Kier alpha value is -1.72. The molecule has 0 aromatic rings. The fraction of sp³-hybridized carbons (Fsp3) is 0.500. The molecule has 0 radical (unpaired) electrons. The first kappa shape index (κ1) is 28.1. The number of carbonyl (C=O) groups excluding carboxylic acids is 4. The van der Waals surface area contributed by atoms with Gasteiger partial charge in [-0.15, -0.1) is 0 Å². The first-order valence-electron chi connectivity index (χ1n) is 7.31. The zero-order chi connectivity index (χ0) is 19.1. The zero-order valence-electron chi connectivity index (χ0n) is 14.9. The fourth-order valence-electron chi connectivity index (χ4n) is 0.914. The van der Waals surface area contributed by atoms with E-state index in [9.17, 15) is 29.4 Å². The second-order valence-corrected chi connectivity index (χ2v) is 4.62. The SMILES string of the molecule is CCC(C)OC(=O)/C=C\C(=O)[O-].CCC(C)OC(=O)/C=C\C(=O)[O-].[Cd+2]. The molecule has 9 heteroatoms. The predicted octanol–water partition coefficient (Wildman–Crippen LogP) is -0.734. The van der Waals surface area contributed by atoms with Gasteiger partial charge in [0, 0.05) is 12.2 Å². The van der Waals surface area contributed by atoms with Gasteiger partial charge in [-0.1, -0.05) is 13.8 Å². The number of carbonyl (C=O) groups is 4. The van der Waals surface area contributed by atoms with E-state index in [4.69, 9.17) is 9.47 Å². The average Bonchev–Trinajstić information content (AvgIpc) is 2.51. The molecule has 0 heterocycles. The Bertz CT molecular complexity index is 441. The topological polar surface area (TPSA) is 133 Å². The van der Waals surface area contributed by atoms with E-state index >= 15 is 0 Å².